The van der Waals surface area contributed by atoms with Crippen LogP contribution < -0.4 is 0 Å². The molecule has 0 aromatic carbocycles. The fourth-order valence-corrected chi connectivity index (χ4v) is 0.677. The first kappa shape index (κ1) is 7.37. The Kier molecular flexibility index (Phi) is 1.58. The van der Waals surface area contributed by atoms with Crippen LogP contribution in [0.4, 0.5) is 13.2 Å². The molecule has 0 N–H and O–H groups in total. The molecule has 2 nitrogen and oxygen atoms in total. The molecule has 1 rings (SSSR count). The van der Waals surface area contributed by atoms with E-state index in [1.165, 1.54) is 7.05 Å². The van der Waals surface area contributed by atoms with Crippen LogP contribution in [-0.2, 0) is 0 Å². The second kappa shape index (κ2) is 2.14. The molecule has 0 saturated heterocycles. The van der Waals surface area contributed by atoms with Crippen molar-refractivity contribution in [2.45, 2.75) is 6.18 Å². The number of rotatable bonds is 0. The van der Waals surface area contributed by atoms with Gasteiger partial charge in [0, 0.05) is 7.05 Å². The second-order valence-corrected chi connectivity index (χ2v) is 1.85. The molecule has 0 unspecified atom stereocenters. The SMILES string of the molecule is CN1[C]CN=C1C(F)(F)F. The number of halogens is 3. The van der Waals surface area contributed by atoms with Crippen molar-refractivity contribution in [3.63, 3.8) is 0 Å². The molecule has 5 heteroatoms. The van der Waals surface area contributed by atoms with E-state index in [0.29, 0.717) is 0 Å². The number of aliphatic imine (C=N–C) groups is 1. The van der Waals surface area contributed by atoms with Crippen molar-refractivity contribution in [3.05, 3.63) is 6.54 Å². The van der Waals surface area contributed by atoms with Gasteiger partial charge in [0.05, 0.1) is 6.54 Å². The topological polar surface area (TPSA) is 15.6 Å². The first-order chi connectivity index (χ1) is 4.52. The van der Waals surface area contributed by atoms with E-state index in [1.54, 1.807) is 0 Å². The van der Waals surface area contributed by atoms with Crippen LogP contribution in [-0.4, -0.2) is 30.5 Å². The van der Waals surface area contributed by atoms with Crippen molar-refractivity contribution in [2.75, 3.05) is 13.6 Å². The normalized spacial score (nSPS) is 19.6. The van der Waals surface area contributed by atoms with Gasteiger partial charge in [0.25, 0.3) is 0 Å². The molecule has 0 atom stereocenters. The van der Waals surface area contributed by atoms with Gasteiger partial charge in [-0.2, -0.15) is 13.2 Å². The third-order valence-electron chi connectivity index (χ3n) is 1.11. The molecule has 1 aliphatic rings. The van der Waals surface area contributed by atoms with Crippen molar-refractivity contribution >= 4 is 5.84 Å². The van der Waals surface area contributed by atoms with Crippen LogP contribution >= 0.6 is 0 Å². The van der Waals surface area contributed by atoms with Gasteiger partial charge in [0.1, 0.15) is 6.54 Å². The van der Waals surface area contributed by atoms with Gasteiger partial charge in [0.2, 0.25) is 5.84 Å². The summed E-state index contributed by atoms with van der Waals surface area (Å²) < 4.78 is 35.4. The number of likely N-dealkylation sites (N-methyl/N-ethyl adjacent to an activating group) is 1. The summed E-state index contributed by atoms with van der Waals surface area (Å²) in [5.41, 5.74) is 0. The van der Waals surface area contributed by atoms with Crippen molar-refractivity contribution in [3.8, 4) is 0 Å². The summed E-state index contributed by atoms with van der Waals surface area (Å²) >= 11 is 0. The van der Waals surface area contributed by atoms with Gasteiger partial charge in [-0.05, 0) is 0 Å². The Morgan fingerprint density at radius 3 is 2.40 bits per heavy atom. The molecule has 0 saturated carbocycles. The lowest BCUT2D eigenvalue weighted by Gasteiger charge is -2.14. The van der Waals surface area contributed by atoms with Gasteiger partial charge >= 0.3 is 6.18 Å². The van der Waals surface area contributed by atoms with E-state index in [4.69, 9.17) is 0 Å². The molecule has 56 valence electrons. The van der Waals surface area contributed by atoms with Crippen molar-refractivity contribution in [1.82, 2.24) is 4.90 Å². The monoisotopic (exact) mass is 150 g/mol. The Balaban J connectivity index is 2.72. The van der Waals surface area contributed by atoms with Crippen molar-refractivity contribution < 1.29 is 13.2 Å². The molecular weight excluding hydrogens is 145 g/mol. The summed E-state index contributed by atoms with van der Waals surface area (Å²) in [5, 5.41) is 0. The van der Waals surface area contributed by atoms with Crippen LogP contribution in [0.3, 0.4) is 0 Å². The predicted octanol–water partition coefficient (Wildman–Crippen LogP) is 0.931. The molecule has 1 heterocycles. The van der Waals surface area contributed by atoms with Crippen LogP contribution in [0.25, 0.3) is 0 Å². The van der Waals surface area contributed by atoms with Crippen LogP contribution in [0.2, 0.25) is 0 Å². The lowest BCUT2D eigenvalue weighted by atomic mass is 10.5. The summed E-state index contributed by atoms with van der Waals surface area (Å²) in [6.45, 7) is 2.39. The zero-order chi connectivity index (χ0) is 7.78. The quantitative estimate of drug-likeness (QED) is 0.501. The maximum atomic E-state index is 11.8. The predicted molar refractivity (Wildman–Crippen MR) is 29.4 cm³/mol. The summed E-state index contributed by atoms with van der Waals surface area (Å²) in [6, 6.07) is 0. The third kappa shape index (κ3) is 1.22. The van der Waals surface area contributed by atoms with Gasteiger partial charge in [0.15, 0.2) is 0 Å². The van der Waals surface area contributed by atoms with Crippen molar-refractivity contribution in [1.29, 1.82) is 0 Å². The summed E-state index contributed by atoms with van der Waals surface area (Å²) in [4.78, 5) is 4.06. The molecule has 0 spiro atoms. The standard InChI is InChI=1S/C5H5F3N2/c1-10-3-2-9-4(10)5(6,7)8/h2H2,1H3. The Bertz CT molecular complexity index is 161. The molecule has 1 aliphatic heterocycles. The van der Waals surface area contributed by atoms with E-state index in [-0.39, 0.29) is 6.54 Å². The van der Waals surface area contributed by atoms with Gasteiger partial charge in [-0.25, -0.2) is 0 Å². The molecule has 2 radical (unpaired) electrons. The minimum atomic E-state index is -4.34. The summed E-state index contributed by atoms with van der Waals surface area (Å²) in [6.07, 6.45) is -4.34. The zero-order valence-corrected chi connectivity index (χ0v) is 5.24. The van der Waals surface area contributed by atoms with Crippen LogP contribution in [0.5, 0.6) is 0 Å². The van der Waals surface area contributed by atoms with E-state index in [1.807, 2.05) is 0 Å². The maximum Gasteiger partial charge on any atom is 0.449 e. The van der Waals surface area contributed by atoms with Crippen molar-refractivity contribution in [2.24, 2.45) is 4.99 Å². The molecule has 0 amide bonds. The number of nitrogens with zero attached hydrogens (tertiary/aromatic N) is 2. The molecular formula is C5H5F3N2. The molecule has 0 aromatic rings. The maximum absolute atomic E-state index is 11.8. The Morgan fingerprint density at radius 2 is 2.20 bits per heavy atom. The lowest BCUT2D eigenvalue weighted by Crippen LogP contribution is -2.33. The lowest BCUT2D eigenvalue weighted by molar-refractivity contribution is -0.0656. The first-order valence-corrected chi connectivity index (χ1v) is 2.60. The number of amidine groups is 1. The summed E-state index contributed by atoms with van der Waals surface area (Å²) in [5.74, 6) is -0.868. The summed E-state index contributed by atoms with van der Waals surface area (Å²) in [7, 11) is 1.28. The van der Waals surface area contributed by atoms with Gasteiger partial charge in [-0.1, -0.05) is 0 Å². The van der Waals surface area contributed by atoms with Crippen LogP contribution in [0, 0.1) is 6.54 Å². The van der Waals surface area contributed by atoms with Gasteiger partial charge in [-0.15, -0.1) is 0 Å². The molecule has 0 aromatic heterocycles. The van der Waals surface area contributed by atoms with E-state index in [9.17, 15) is 13.2 Å². The second-order valence-electron chi connectivity index (χ2n) is 1.85. The van der Waals surface area contributed by atoms with Crippen LogP contribution in [0.1, 0.15) is 0 Å². The minimum Gasteiger partial charge on any atom is -0.343 e. The number of hydrogen-bond donors (Lipinski definition) is 0. The zero-order valence-electron chi connectivity index (χ0n) is 5.24. The Labute approximate surface area is 56.3 Å². The van der Waals surface area contributed by atoms with E-state index in [2.05, 4.69) is 11.5 Å². The van der Waals surface area contributed by atoms with Gasteiger partial charge in [-0.3, -0.25) is 4.99 Å². The highest BCUT2D eigenvalue weighted by atomic mass is 19.4. The van der Waals surface area contributed by atoms with E-state index < -0.39 is 12.0 Å². The average molecular weight is 150 g/mol. The van der Waals surface area contributed by atoms with Gasteiger partial charge < -0.3 is 4.90 Å². The smallest absolute Gasteiger partial charge is 0.343 e. The minimum absolute atomic E-state index is 0.00530. The fourth-order valence-electron chi connectivity index (χ4n) is 0.677. The number of hydrogen-bond acceptors (Lipinski definition) is 2. The largest absolute Gasteiger partial charge is 0.449 e. The fraction of sp³-hybridized carbons (Fsp3) is 0.600. The average Bonchev–Trinajstić information content (AvgIpc) is 2.11. The first-order valence-electron chi connectivity index (χ1n) is 2.60. The molecule has 0 bridgehead atoms. The Hall–Kier alpha value is -0.740. The molecule has 0 fully saturated rings. The Morgan fingerprint density at radius 1 is 1.60 bits per heavy atom. The van der Waals surface area contributed by atoms with E-state index in [0.717, 1.165) is 4.90 Å². The highest BCUT2D eigenvalue weighted by molar-refractivity contribution is 5.89. The highest BCUT2D eigenvalue weighted by Crippen LogP contribution is 2.22. The van der Waals surface area contributed by atoms with Crippen LogP contribution in [0.15, 0.2) is 4.99 Å². The number of alkyl halides is 3. The molecule has 10 heavy (non-hydrogen) atoms. The molecule has 0 aliphatic carbocycles. The highest BCUT2D eigenvalue weighted by Gasteiger charge is 2.40. The third-order valence-corrected chi connectivity index (χ3v) is 1.11. The van der Waals surface area contributed by atoms with E-state index >= 15 is 0 Å².